The van der Waals surface area contributed by atoms with Crippen molar-refractivity contribution in [2.24, 2.45) is 0 Å². The Morgan fingerprint density at radius 3 is 2.70 bits per heavy atom. The minimum atomic E-state index is -4.77. The number of carbonyl (C=O) groups excluding carboxylic acids is 1. The highest BCUT2D eigenvalue weighted by Crippen LogP contribution is 2.34. The van der Waals surface area contributed by atoms with E-state index in [9.17, 15) is 22.4 Å². The van der Waals surface area contributed by atoms with Crippen LogP contribution in [0.5, 0.6) is 0 Å². The summed E-state index contributed by atoms with van der Waals surface area (Å²) in [5.74, 6) is -2.59. The second-order valence-electron chi connectivity index (χ2n) is 7.55. The molecule has 0 saturated carbocycles. The van der Waals surface area contributed by atoms with Gasteiger partial charge in [0.05, 0.1) is 16.6 Å². The van der Waals surface area contributed by atoms with Crippen LogP contribution in [0.25, 0.3) is 10.9 Å². The Balaban J connectivity index is 1.41. The smallest absolute Gasteiger partial charge is 0.415 e. The Morgan fingerprint density at radius 2 is 2.00 bits per heavy atom. The highest BCUT2D eigenvalue weighted by atomic mass is 19.4. The summed E-state index contributed by atoms with van der Waals surface area (Å²) in [5.41, 5.74) is 6.78. The maximum absolute atomic E-state index is 14.7. The van der Waals surface area contributed by atoms with Crippen LogP contribution in [0.3, 0.4) is 0 Å². The van der Waals surface area contributed by atoms with Crippen molar-refractivity contribution in [2.45, 2.75) is 18.6 Å². The van der Waals surface area contributed by atoms with Crippen molar-refractivity contribution in [3.05, 3.63) is 65.4 Å². The number of amides is 1. The third-order valence-electron chi connectivity index (χ3n) is 5.33. The fourth-order valence-corrected chi connectivity index (χ4v) is 3.76. The first-order valence-corrected chi connectivity index (χ1v) is 9.76. The molecule has 9 nitrogen and oxygen atoms in total. The number of nitrogens with zero attached hydrogens (tertiary/aromatic N) is 6. The number of hydrogen-bond acceptors (Lipinski definition) is 7. The average molecular weight is 461 g/mol. The highest BCUT2D eigenvalue weighted by Gasteiger charge is 2.39. The number of fused-ring (bicyclic) bond motifs is 1. The Hall–Kier alpha value is -4.03. The molecule has 1 amide bonds. The molecular weight excluding hydrogens is 446 g/mol. The first-order valence-electron chi connectivity index (χ1n) is 9.76. The number of rotatable bonds is 4. The van der Waals surface area contributed by atoms with Crippen molar-refractivity contribution in [2.75, 3.05) is 18.8 Å². The second-order valence-corrected chi connectivity index (χ2v) is 7.55. The van der Waals surface area contributed by atoms with E-state index in [4.69, 9.17) is 5.73 Å². The predicted octanol–water partition coefficient (Wildman–Crippen LogP) is 2.84. The number of nitrogen functional groups attached to an aromatic ring is 1. The SMILES string of the molecule is Nc1cc(C(=O)N2CC(c3nn(Cc4nnc(C(F)(F)F)o4)c4cccc(F)c34)C2)ccn1. The van der Waals surface area contributed by atoms with Crippen molar-refractivity contribution in [3.63, 3.8) is 0 Å². The van der Waals surface area contributed by atoms with Crippen LogP contribution in [0, 0.1) is 5.82 Å². The van der Waals surface area contributed by atoms with Crippen LogP contribution in [0.15, 0.2) is 40.9 Å². The van der Waals surface area contributed by atoms with Crippen molar-refractivity contribution in [1.82, 2.24) is 29.9 Å². The van der Waals surface area contributed by atoms with E-state index in [1.807, 2.05) is 0 Å². The Kier molecular flexibility index (Phi) is 4.76. The van der Waals surface area contributed by atoms with Crippen LogP contribution in [0.1, 0.15) is 33.8 Å². The van der Waals surface area contributed by atoms with E-state index < -0.39 is 17.9 Å². The molecule has 4 heterocycles. The molecule has 1 aliphatic heterocycles. The maximum atomic E-state index is 14.7. The van der Waals surface area contributed by atoms with E-state index in [-0.39, 0.29) is 35.5 Å². The zero-order chi connectivity index (χ0) is 23.3. The van der Waals surface area contributed by atoms with Gasteiger partial charge >= 0.3 is 12.1 Å². The first-order chi connectivity index (χ1) is 15.7. The summed E-state index contributed by atoms with van der Waals surface area (Å²) in [4.78, 5) is 18.1. The summed E-state index contributed by atoms with van der Waals surface area (Å²) in [6, 6.07) is 7.36. The molecule has 0 bridgehead atoms. The van der Waals surface area contributed by atoms with Gasteiger partial charge in [-0.15, -0.1) is 10.2 Å². The summed E-state index contributed by atoms with van der Waals surface area (Å²) in [6.07, 6.45) is -3.33. The number of hydrogen-bond donors (Lipinski definition) is 1. The summed E-state index contributed by atoms with van der Waals surface area (Å²) >= 11 is 0. The molecule has 13 heteroatoms. The topological polar surface area (TPSA) is 116 Å². The van der Waals surface area contributed by atoms with E-state index in [0.717, 1.165) is 0 Å². The molecule has 1 saturated heterocycles. The number of likely N-dealkylation sites (tertiary alicyclic amines) is 1. The fourth-order valence-electron chi connectivity index (χ4n) is 3.76. The highest BCUT2D eigenvalue weighted by molar-refractivity contribution is 5.95. The monoisotopic (exact) mass is 461 g/mol. The molecule has 0 spiro atoms. The number of carbonyl (C=O) groups is 1. The van der Waals surface area contributed by atoms with Crippen LogP contribution in [-0.2, 0) is 12.7 Å². The van der Waals surface area contributed by atoms with Crippen molar-refractivity contribution >= 4 is 22.6 Å². The standard InChI is InChI=1S/C20H15F4N7O2/c21-12-2-1-3-13-16(12)17(29-31(13)9-15-27-28-19(33-15)20(22,23)24)11-7-30(8-11)18(32)10-4-5-26-14(25)6-10/h1-6,11H,7-9H2,(H2,25,26). The van der Waals surface area contributed by atoms with Gasteiger partial charge in [-0.1, -0.05) is 6.07 Å². The molecule has 1 aromatic carbocycles. The van der Waals surface area contributed by atoms with Crippen LogP contribution in [-0.4, -0.2) is 48.9 Å². The number of halogens is 4. The van der Waals surface area contributed by atoms with Crippen LogP contribution in [0.2, 0.25) is 0 Å². The fraction of sp³-hybridized carbons (Fsp3) is 0.250. The Morgan fingerprint density at radius 1 is 1.21 bits per heavy atom. The quantitative estimate of drug-likeness (QED) is 0.465. The molecule has 0 aliphatic carbocycles. The third-order valence-corrected chi connectivity index (χ3v) is 5.33. The van der Waals surface area contributed by atoms with Gasteiger partial charge in [0, 0.05) is 30.8 Å². The summed E-state index contributed by atoms with van der Waals surface area (Å²) < 4.78 is 58.9. The number of aromatic nitrogens is 5. The van der Waals surface area contributed by atoms with Gasteiger partial charge in [0.25, 0.3) is 5.91 Å². The molecule has 1 fully saturated rings. The van der Waals surface area contributed by atoms with Gasteiger partial charge < -0.3 is 15.1 Å². The summed E-state index contributed by atoms with van der Waals surface area (Å²) in [5, 5.41) is 11.1. The van der Waals surface area contributed by atoms with E-state index in [2.05, 4.69) is 24.7 Å². The Bertz CT molecular complexity index is 1360. The third kappa shape index (κ3) is 3.75. The van der Waals surface area contributed by atoms with Gasteiger partial charge in [-0.3, -0.25) is 9.48 Å². The number of pyridine rings is 1. The molecule has 3 aromatic heterocycles. The van der Waals surface area contributed by atoms with Crippen LogP contribution < -0.4 is 5.73 Å². The Labute approximate surface area is 182 Å². The van der Waals surface area contributed by atoms with Gasteiger partial charge in [-0.05, 0) is 24.3 Å². The normalized spacial score (nSPS) is 14.6. The lowest BCUT2D eigenvalue weighted by molar-refractivity contribution is -0.157. The largest absolute Gasteiger partial charge is 0.470 e. The zero-order valence-corrected chi connectivity index (χ0v) is 16.8. The molecule has 170 valence electrons. The summed E-state index contributed by atoms with van der Waals surface area (Å²) in [7, 11) is 0. The van der Waals surface area contributed by atoms with Crippen LogP contribution >= 0.6 is 0 Å². The molecule has 5 rings (SSSR count). The molecule has 4 aromatic rings. The maximum Gasteiger partial charge on any atom is 0.470 e. The van der Waals surface area contributed by atoms with Crippen molar-refractivity contribution in [3.8, 4) is 0 Å². The zero-order valence-electron chi connectivity index (χ0n) is 16.8. The second kappa shape index (κ2) is 7.53. The van der Waals surface area contributed by atoms with E-state index in [1.165, 1.54) is 29.1 Å². The molecule has 2 N–H and O–H groups in total. The minimum absolute atomic E-state index is 0.222. The lowest BCUT2D eigenvalue weighted by Gasteiger charge is -2.38. The van der Waals surface area contributed by atoms with Gasteiger partial charge in [0.2, 0.25) is 5.89 Å². The summed E-state index contributed by atoms with van der Waals surface area (Å²) in [6.45, 7) is 0.315. The molecule has 1 aliphatic rings. The van der Waals surface area contributed by atoms with Gasteiger partial charge in [0.1, 0.15) is 18.2 Å². The van der Waals surface area contributed by atoms with E-state index in [0.29, 0.717) is 29.9 Å². The predicted molar refractivity (Wildman–Crippen MR) is 105 cm³/mol. The molecule has 0 atom stereocenters. The number of benzene rings is 1. The van der Waals surface area contributed by atoms with Gasteiger partial charge in [-0.2, -0.15) is 18.3 Å². The number of anilines is 1. The van der Waals surface area contributed by atoms with Gasteiger partial charge in [0.15, 0.2) is 0 Å². The number of nitrogens with two attached hydrogens (primary N) is 1. The molecular formula is C20H15F4N7O2. The lowest BCUT2D eigenvalue weighted by atomic mass is 9.93. The number of alkyl halides is 3. The molecule has 0 radical (unpaired) electrons. The molecule has 33 heavy (non-hydrogen) atoms. The van der Waals surface area contributed by atoms with Crippen LogP contribution in [0.4, 0.5) is 23.4 Å². The van der Waals surface area contributed by atoms with E-state index >= 15 is 0 Å². The van der Waals surface area contributed by atoms with Crippen molar-refractivity contribution < 1.29 is 26.8 Å². The first kappa shape index (κ1) is 20.8. The lowest BCUT2D eigenvalue weighted by Crippen LogP contribution is -2.48. The van der Waals surface area contributed by atoms with Gasteiger partial charge in [-0.25, -0.2) is 9.37 Å². The molecule has 0 unspecified atom stereocenters. The van der Waals surface area contributed by atoms with E-state index in [1.54, 1.807) is 17.0 Å². The van der Waals surface area contributed by atoms with Crippen molar-refractivity contribution in [1.29, 1.82) is 0 Å². The average Bonchev–Trinajstić information content (AvgIpc) is 3.33. The minimum Gasteiger partial charge on any atom is -0.415 e.